The molecule has 2 heteroatoms. The van der Waals surface area contributed by atoms with Crippen molar-refractivity contribution >= 4 is 0 Å². The zero-order valence-electron chi connectivity index (χ0n) is 15.6. The Balaban J connectivity index is 1.76. The highest BCUT2D eigenvalue weighted by Gasteiger charge is 2.12. The second-order valence-corrected chi connectivity index (χ2v) is 7.35. The van der Waals surface area contributed by atoms with Gasteiger partial charge < -0.3 is 9.47 Å². The van der Waals surface area contributed by atoms with E-state index in [-0.39, 0.29) is 5.41 Å². The number of rotatable bonds is 7. The van der Waals surface area contributed by atoms with Crippen molar-refractivity contribution in [3.63, 3.8) is 0 Å². The summed E-state index contributed by atoms with van der Waals surface area (Å²) < 4.78 is 11.5. The van der Waals surface area contributed by atoms with Crippen molar-refractivity contribution in [1.82, 2.24) is 0 Å². The second-order valence-electron chi connectivity index (χ2n) is 7.35. The van der Waals surface area contributed by atoms with E-state index in [9.17, 15) is 0 Å². The topological polar surface area (TPSA) is 18.5 Å². The van der Waals surface area contributed by atoms with E-state index in [0.29, 0.717) is 19.1 Å². The van der Waals surface area contributed by atoms with Gasteiger partial charge in [0.05, 0.1) is 0 Å². The molecule has 2 aromatic rings. The van der Waals surface area contributed by atoms with Crippen molar-refractivity contribution in [2.75, 3.05) is 13.2 Å². The lowest BCUT2D eigenvalue weighted by Gasteiger charge is -2.19. The molecular weight excluding hydrogens is 296 g/mol. The third kappa shape index (κ3) is 5.30. The molecule has 2 rings (SSSR count). The van der Waals surface area contributed by atoms with Crippen LogP contribution in [0.3, 0.4) is 0 Å². The summed E-state index contributed by atoms with van der Waals surface area (Å²) in [5, 5.41) is 0. The van der Waals surface area contributed by atoms with Crippen LogP contribution in [-0.2, 0) is 5.41 Å². The van der Waals surface area contributed by atoms with Gasteiger partial charge in [-0.15, -0.1) is 0 Å². The van der Waals surface area contributed by atoms with Crippen molar-refractivity contribution in [3.05, 3.63) is 59.7 Å². The van der Waals surface area contributed by atoms with Gasteiger partial charge in [0.25, 0.3) is 0 Å². The first-order valence-corrected chi connectivity index (χ1v) is 8.86. The maximum absolute atomic E-state index is 5.75. The van der Waals surface area contributed by atoms with Gasteiger partial charge in [-0.05, 0) is 53.1 Å². The molecule has 0 saturated heterocycles. The molecule has 0 aromatic heterocycles. The molecule has 0 spiro atoms. The van der Waals surface area contributed by atoms with E-state index in [2.05, 4.69) is 58.9 Å². The van der Waals surface area contributed by atoms with Crippen molar-refractivity contribution in [3.8, 4) is 11.5 Å². The Morgan fingerprint density at radius 2 is 1.25 bits per heavy atom. The third-order valence-electron chi connectivity index (χ3n) is 4.40. The molecular formula is C22H30O2. The van der Waals surface area contributed by atoms with Crippen LogP contribution >= 0.6 is 0 Å². The monoisotopic (exact) mass is 326 g/mol. The molecule has 2 nitrogen and oxygen atoms in total. The first-order chi connectivity index (χ1) is 11.4. The summed E-state index contributed by atoms with van der Waals surface area (Å²) in [4.78, 5) is 0. The van der Waals surface area contributed by atoms with Crippen molar-refractivity contribution in [2.24, 2.45) is 0 Å². The van der Waals surface area contributed by atoms with Gasteiger partial charge in [-0.25, -0.2) is 0 Å². The molecule has 1 unspecified atom stereocenters. The van der Waals surface area contributed by atoms with Crippen molar-refractivity contribution < 1.29 is 9.47 Å². The van der Waals surface area contributed by atoms with Crippen LogP contribution in [0.5, 0.6) is 11.5 Å². The van der Waals surface area contributed by atoms with E-state index in [4.69, 9.17) is 9.47 Å². The molecule has 0 fully saturated rings. The molecule has 2 aromatic carbocycles. The summed E-state index contributed by atoms with van der Waals surface area (Å²) in [5.74, 6) is 2.38. The quantitative estimate of drug-likeness (QED) is 0.585. The van der Waals surface area contributed by atoms with Crippen LogP contribution in [0.25, 0.3) is 0 Å². The Bertz CT molecular complexity index is 606. The standard InChI is InChI=1S/C22H30O2/c1-6-17(2)18-7-11-20(12-8-18)23-15-16-24-21-13-9-19(10-14-21)22(3,4)5/h7-14,17H,6,15-16H2,1-5H3. The SMILES string of the molecule is CCC(C)c1ccc(OCCOc2ccc(C(C)(C)C)cc2)cc1. The molecule has 0 aliphatic heterocycles. The lowest BCUT2D eigenvalue weighted by atomic mass is 9.87. The van der Waals surface area contributed by atoms with Crippen LogP contribution in [0.2, 0.25) is 0 Å². The predicted octanol–water partition coefficient (Wildman–Crippen LogP) is 5.96. The van der Waals surface area contributed by atoms with Gasteiger partial charge >= 0.3 is 0 Å². The minimum Gasteiger partial charge on any atom is -0.490 e. The van der Waals surface area contributed by atoms with Crippen LogP contribution in [0.15, 0.2) is 48.5 Å². The van der Waals surface area contributed by atoms with E-state index in [1.54, 1.807) is 0 Å². The van der Waals surface area contributed by atoms with E-state index >= 15 is 0 Å². The maximum atomic E-state index is 5.75. The number of ether oxygens (including phenoxy) is 2. The third-order valence-corrected chi connectivity index (χ3v) is 4.40. The number of benzene rings is 2. The molecule has 0 bridgehead atoms. The van der Waals surface area contributed by atoms with Gasteiger partial charge in [-0.2, -0.15) is 0 Å². The Hall–Kier alpha value is -1.96. The van der Waals surface area contributed by atoms with Crippen LogP contribution in [-0.4, -0.2) is 13.2 Å². The smallest absolute Gasteiger partial charge is 0.122 e. The van der Waals surface area contributed by atoms with Gasteiger partial charge in [-0.1, -0.05) is 58.9 Å². The Kier molecular flexibility index (Phi) is 6.30. The van der Waals surface area contributed by atoms with Crippen LogP contribution in [0.4, 0.5) is 0 Å². The molecule has 0 amide bonds. The summed E-state index contributed by atoms with van der Waals surface area (Å²) >= 11 is 0. The van der Waals surface area contributed by atoms with Crippen molar-refractivity contribution in [1.29, 1.82) is 0 Å². The first kappa shape index (κ1) is 18.4. The maximum Gasteiger partial charge on any atom is 0.122 e. The predicted molar refractivity (Wildman–Crippen MR) is 101 cm³/mol. The average molecular weight is 326 g/mol. The molecule has 0 aliphatic carbocycles. The minimum absolute atomic E-state index is 0.170. The van der Waals surface area contributed by atoms with E-state index < -0.39 is 0 Å². The number of hydrogen-bond acceptors (Lipinski definition) is 2. The highest BCUT2D eigenvalue weighted by molar-refractivity contribution is 5.31. The largest absolute Gasteiger partial charge is 0.490 e. The van der Waals surface area contributed by atoms with E-state index in [1.807, 2.05) is 24.3 Å². The molecule has 0 saturated carbocycles. The minimum atomic E-state index is 0.170. The van der Waals surface area contributed by atoms with E-state index in [0.717, 1.165) is 17.9 Å². The second kappa shape index (κ2) is 8.23. The molecule has 24 heavy (non-hydrogen) atoms. The van der Waals surface area contributed by atoms with Gasteiger partial charge in [0.15, 0.2) is 0 Å². The van der Waals surface area contributed by atoms with Crippen LogP contribution < -0.4 is 9.47 Å². The molecule has 0 heterocycles. The van der Waals surface area contributed by atoms with Crippen LogP contribution in [0.1, 0.15) is 58.1 Å². The molecule has 1 atom stereocenters. The highest BCUT2D eigenvalue weighted by Crippen LogP contribution is 2.24. The average Bonchev–Trinajstić information content (AvgIpc) is 2.58. The Morgan fingerprint density at radius 3 is 1.67 bits per heavy atom. The summed E-state index contributed by atoms with van der Waals surface area (Å²) in [5.41, 5.74) is 2.84. The Morgan fingerprint density at radius 1 is 0.792 bits per heavy atom. The van der Waals surface area contributed by atoms with Gasteiger partial charge in [0.1, 0.15) is 24.7 Å². The van der Waals surface area contributed by atoms with Gasteiger partial charge in [0.2, 0.25) is 0 Å². The summed E-state index contributed by atoms with van der Waals surface area (Å²) in [7, 11) is 0. The molecule has 0 aliphatic rings. The van der Waals surface area contributed by atoms with Crippen molar-refractivity contribution in [2.45, 2.75) is 52.4 Å². The lowest BCUT2D eigenvalue weighted by molar-refractivity contribution is 0.217. The molecule has 0 radical (unpaired) electrons. The summed E-state index contributed by atoms with van der Waals surface area (Å²) in [6.45, 7) is 12.2. The Labute approximate surface area is 146 Å². The molecule has 0 N–H and O–H groups in total. The summed E-state index contributed by atoms with van der Waals surface area (Å²) in [6, 6.07) is 16.7. The normalized spacial score (nSPS) is 12.7. The van der Waals surface area contributed by atoms with Crippen LogP contribution in [0, 0.1) is 0 Å². The number of hydrogen-bond donors (Lipinski definition) is 0. The highest BCUT2D eigenvalue weighted by atomic mass is 16.5. The summed E-state index contributed by atoms with van der Waals surface area (Å²) in [6.07, 6.45) is 1.15. The lowest BCUT2D eigenvalue weighted by Crippen LogP contribution is -2.11. The fourth-order valence-electron chi connectivity index (χ4n) is 2.50. The zero-order chi connectivity index (χ0) is 17.6. The van der Waals surface area contributed by atoms with Gasteiger partial charge in [0, 0.05) is 0 Å². The molecule has 130 valence electrons. The van der Waals surface area contributed by atoms with Gasteiger partial charge in [-0.3, -0.25) is 0 Å². The fraction of sp³-hybridized carbons (Fsp3) is 0.455. The van der Waals surface area contributed by atoms with E-state index in [1.165, 1.54) is 11.1 Å². The first-order valence-electron chi connectivity index (χ1n) is 8.86. The fourth-order valence-corrected chi connectivity index (χ4v) is 2.50. The zero-order valence-corrected chi connectivity index (χ0v) is 15.6.